The number of ether oxygens (including phenoxy) is 2. The molecule has 6 heterocycles. The Bertz CT molecular complexity index is 3080. The van der Waals surface area contributed by atoms with E-state index in [1.54, 1.807) is 12.1 Å². The quantitative estimate of drug-likeness (QED) is 0.0359. The summed E-state index contributed by atoms with van der Waals surface area (Å²) < 4.78 is 31.9. The second-order valence-electron chi connectivity index (χ2n) is 17.7. The first-order chi connectivity index (χ1) is 33.1. The first-order valence-corrected chi connectivity index (χ1v) is 25.0. The van der Waals surface area contributed by atoms with Crippen LogP contribution in [0.1, 0.15) is 102 Å². The molecular weight excluding hydrogens is 914 g/mol. The number of aromatic carboxylic acids is 1. The zero-order valence-corrected chi connectivity index (χ0v) is 39.2. The topological polar surface area (TPSA) is 300 Å². The van der Waals surface area contributed by atoms with Gasteiger partial charge in [0, 0.05) is 71.8 Å². The maximum absolute atomic E-state index is 13.6. The average molecular weight is 971 g/mol. The van der Waals surface area contributed by atoms with Gasteiger partial charge in [0.25, 0.3) is 11.5 Å². The molecule has 2 aromatic heterocycles. The lowest BCUT2D eigenvalue weighted by Crippen LogP contribution is -2.39. The van der Waals surface area contributed by atoms with Gasteiger partial charge in [0.05, 0.1) is 18.2 Å². The monoisotopic (exact) mass is 970 g/mol. The second kappa shape index (κ2) is 19.7. The predicted molar refractivity (Wildman–Crippen MR) is 254 cm³/mol. The minimum absolute atomic E-state index is 0.0149. The van der Waals surface area contributed by atoms with Crippen molar-refractivity contribution in [1.82, 2.24) is 29.4 Å². The Balaban J connectivity index is 0.875. The lowest BCUT2D eigenvalue weighted by atomic mass is 9.86. The first kappa shape index (κ1) is 47.9. The molecule has 1 saturated heterocycles. The molecule has 366 valence electrons. The molecule has 0 spiro atoms. The van der Waals surface area contributed by atoms with Gasteiger partial charge in [0.1, 0.15) is 42.9 Å². The molecule has 1 amide bonds. The summed E-state index contributed by atoms with van der Waals surface area (Å²) in [6.07, 6.45) is 0.509. The maximum Gasteiger partial charge on any atom is 0.469 e. The fourth-order valence-corrected chi connectivity index (χ4v) is 10.3. The van der Waals surface area contributed by atoms with Crippen molar-refractivity contribution in [3.63, 3.8) is 0 Å². The van der Waals surface area contributed by atoms with E-state index >= 15 is 0 Å². The van der Waals surface area contributed by atoms with Gasteiger partial charge in [0.2, 0.25) is 17.3 Å². The number of aryl methyl sites for hydroxylation is 2. The Morgan fingerprint density at radius 2 is 1.75 bits per heavy atom. The highest BCUT2D eigenvalue weighted by Gasteiger charge is 2.46. The van der Waals surface area contributed by atoms with Crippen LogP contribution in [-0.4, -0.2) is 121 Å². The average Bonchev–Trinajstić information content (AvgIpc) is 3.82. The molecule has 69 heavy (non-hydrogen) atoms. The van der Waals surface area contributed by atoms with E-state index in [1.807, 2.05) is 0 Å². The van der Waals surface area contributed by atoms with E-state index in [9.17, 15) is 34.3 Å². The number of aromatic nitrogens is 4. The third-order valence-electron chi connectivity index (χ3n) is 13.3. The number of rotatable bonds is 17. The van der Waals surface area contributed by atoms with Crippen molar-refractivity contribution < 1.29 is 53.3 Å². The van der Waals surface area contributed by atoms with E-state index in [1.165, 1.54) is 21.8 Å². The van der Waals surface area contributed by atoms with Crippen LogP contribution in [0.4, 0.5) is 17.6 Å². The number of nitrogen functional groups attached to an aromatic ring is 1. The van der Waals surface area contributed by atoms with Crippen molar-refractivity contribution >= 4 is 54.0 Å². The van der Waals surface area contributed by atoms with E-state index in [0.717, 1.165) is 79.3 Å². The standard InChI is InChI=1S/C47H56N9O12P/c1-3-54-17-9-11-25-19-30-34(22-32(25)54)67-35-23-33-26(12-10-18-55(33)4-2)20-31(35)37(30)28-14-13-27(21-29(28)45(61)62)42(59)49-15-7-5-6-8-16-50-47-51-38-41(52-46(48)53-43(38)60)56(47)44-40(58)39(57)36(68-44)24-66-69(63,64)65/h13-14,19-23,36,39-40,44,49,57-58H,3-12,15-18,24H2,1-2H3,(H6,48,53,59,60,61,62,63,64,65)/p+1/t36-,39-,40-,44-/m1/s1. The number of carbonyl (C=O) groups excluding carboxylic acids is 1. The molecule has 4 aliphatic heterocycles. The molecule has 22 heteroatoms. The number of nitrogens with two attached hydrogens (primary N) is 1. The van der Waals surface area contributed by atoms with Gasteiger partial charge in [-0.15, -0.1) is 0 Å². The van der Waals surface area contributed by atoms with Crippen molar-refractivity contribution in [1.29, 1.82) is 0 Å². The number of carboxylic acids is 1. The molecule has 0 unspecified atom stereocenters. The summed E-state index contributed by atoms with van der Waals surface area (Å²) in [6.45, 7) is 7.85. The summed E-state index contributed by atoms with van der Waals surface area (Å²) in [5.74, 6) is -0.375. The minimum Gasteiger partial charge on any atom is -0.478 e. The molecule has 10 N–H and O–H groups in total. The van der Waals surface area contributed by atoms with Crippen molar-refractivity contribution in [2.24, 2.45) is 0 Å². The molecule has 0 saturated carbocycles. The summed E-state index contributed by atoms with van der Waals surface area (Å²) in [5, 5.41) is 40.3. The Morgan fingerprint density at radius 1 is 0.971 bits per heavy atom. The van der Waals surface area contributed by atoms with Gasteiger partial charge >= 0.3 is 13.8 Å². The number of hydrogen-bond acceptors (Lipinski definition) is 14. The summed E-state index contributed by atoms with van der Waals surface area (Å²) >= 11 is 0. The molecule has 4 aliphatic rings. The molecule has 0 radical (unpaired) electrons. The zero-order valence-electron chi connectivity index (χ0n) is 38.3. The van der Waals surface area contributed by atoms with Gasteiger partial charge in [-0.25, -0.2) is 18.9 Å². The summed E-state index contributed by atoms with van der Waals surface area (Å²) in [4.78, 5) is 70.9. The number of nitrogens with one attached hydrogen (secondary N) is 3. The van der Waals surface area contributed by atoms with Crippen molar-refractivity contribution in [3.8, 4) is 11.5 Å². The number of aromatic amines is 1. The minimum atomic E-state index is -4.92. The fourth-order valence-electron chi connectivity index (χ4n) is 9.95. The number of phosphoric acid groups is 1. The molecule has 9 rings (SSSR count). The Labute approximate surface area is 395 Å². The van der Waals surface area contributed by atoms with Crippen LogP contribution in [0, 0.1) is 0 Å². The SMILES string of the molecule is CCN1CCCc2cc3c(cc21)Oc1cc2c(cc1=C3c1ccc(C(=O)NCCCCCCNc3nc4c(=O)[nH]c(N)nc4n3[C@@H]3O[C@H](COP(=O)(O)O)[C@@H](O)[C@H]3O)cc1C(=O)O)CCC[N+]=2CC. The number of unbranched alkanes of at least 4 members (excludes halogenated alkanes) is 3. The largest absolute Gasteiger partial charge is 0.478 e. The van der Waals surface area contributed by atoms with Crippen LogP contribution in [0.25, 0.3) is 16.7 Å². The van der Waals surface area contributed by atoms with Crippen molar-refractivity contribution in [3.05, 3.63) is 96.8 Å². The van der Waals surface area contributed by atoms with Gasteiger partial charge < -0.3 is 55.8 Å². The normalized spacial score (nSPS) is 19.7. The number of imidazole rings is 1. The van der Waals surface area contributed by atoms with Gasteiger partial charge in [-0.05, 0) is 81.3 Å². The van der Waals surface area contributed by atoms with Gasteiger partial charge in [-0.1, -0.05) is 18.9 Å². The molecule has 5 aromatic rings. The predicted octanol–water partition coefficient (Wildman–Crippen LogP) is 2.11. The van der Waals surface area contributed by atoms with E-state index in [2.05, 4.69) is 77.7 Å². The van der Waals surface area contributed by atoms with Crippen LogP contribution in [0.15, 0.2) is 47.3 Å². The number of fused-ring (bicyclic) bond motifs is 5. The highest BCUT2D eigenvalue weighted by molar-refractivity contribution is 7.46. The molecular formula is C47H57N9O12P+. The van der Waals surface area contributed by atoms with Crippen molar-refractivity contribution in [2.45, 2.75) is 89.8 Å². The third-order valence-corrected chi connectivity index (χ3v) is 13.8. The third kappa shape index (κ3) is 9.59. The number of nitrogens with zero attached hydrogens (tertiary/aromatic N) is 5. The van der Waals surface area contributed by atoms with Crippen LogP contribution < -0.4 is 46.7 Å². The molecule has 4 atom stereocenters. The van der Waals surface area contributed by atoms with Crippen LogP contribution >= 0.6 is 7.82 Å². The Morgan fingerprint density at radius 3 is 2.51 bits per heavy atom. The van der Waals surface area contributed by atoms with E-state index in [4.69, 9.17) is 25.0 Å². The van der Waals surface area contributed by atoms with Crippen LogP contribution in [0.3, 0.4) is 0 Å². The Kier molecular flexibility index (Phi) is 13.6. The molecule has 0 bridgehead atoms. The molecule has 3 aromatic carbocycles. The number of benzene rings is 3. The second-order valence-corrected chi connectivity index (χ2v) is 19.0. The molecule has 21 nitrogen and oxygen atoms in total. The smallest absolute Gasteiger partial charge is 0.469 e. The van der Waals surface area contributed by atoms with Gasteiger partial charge in [-0.2, -0.15) is 4.98 Å². The Hall–Kier alpha value is -6.19. The zero-order chi connectivity index (χ0) is 48.7. The van der Waals surface area contributed by atoms with Crippen LogP contribution in [0.5, 0.6) is 11.5 Å². The number of hydrogen-bond donors (Lipinski definition) is 9. The summed E-state index contributed by atoms with van der Waals surface area (Å²) in [5.41, 5.74) is 10.8. The summed E-state index contributed by atoms with van der Waals surface area (Å²) in [7, 11) is -4.92. The van der Waals surface area contributed by atoms with E-state index in [0.29, 0.717) is 55.8 Å². The number of aliphatic hydroxyl groups is 2. The van der Waals surface area contributed by atoms with Crippen LogP contribution in [0.2, 0.25) is 0 Å². The lowest BCUT2D eigenvalue weighted by molar-refractivity contribution is -0.0494. The van der Waals surface area contributed by atoms with Gasteiger partial charge in [-0.3, -0.25) is 23.7 Å². The molecule has 1 fully saturated rings. The summed E-state index contributed by atoms with van der Waals surface area (Å²) in [6, 6.07) is 13.4. The first-order valence-electron chi connectivity index (χ1n) is 23.4. The lowest BCUT2D eigenvalue weighted by Gasteiger charge is -2.32. The highest BCUT2D eigenvalue weighted by Crippen LogP contribution is 2.43. The van der Waals surface area contributed by atoms with E-state index in [-0.39, 0.29) is 34.2 Å². The van der Waals surface area contributed by atoms with Crippen LogP contribution in [-0.2, 0) is 26.7 Å². The number of amides is 1. The molecule has 0 aliphatic carbocycles. The number of anilines is 3. The number of carboxylic acid groups (broad SMARTS) is 1. The number of aliphatic hydroxyl groups excluding tert-OH is 2. The number of H-pyrrole nitrogens is 1. The maximum atomic E-state index is 13.6. The highest BCUT2D eigenvalue weighted by atomic mass is 31.2. The van der Waals surface area contributed by atoms with Gasteiger partial charge in [0.15, 0.2) is 17.4 Å². The number of phosphoric ester groups is 1. The van der Waals surface area contributed by atoms with E-state index < -0.39 is 56.4 Å². The number of carbonyl (C=O) groups is 2. The van der Waals surface area contributed by atoms with Crippen molar-refractivity contribution in [2.75, 3.05) is 61.8 Å². The fraction of sp³-hybridized carbons (Fsp3) is 0.447.